The first kappa shape index (κ1) is 17.7. The second-order valence-corrected chi connectivity index (χ2v) is 5.46. The van der Waals surface area contributed by atoms with Crippen molar-refractivity contribution in [1.82, 2.24) is 9.78 Å². The minimum absolute atomic E-state index is 0.0520. The molecule has 8 heteroatoms. The highest BCUT2D eigenvalue weighted by molar-refractivity contribution is 6.30. The summed E-state index contributed by atoms with van der Waals surface area (Å²) < 4.78 is 6.18. The van der Waals surface area contributed by atoms with E-state index < -0.39 is 17.3 Å². The number of ether oxygens (including phenoxy) is 1. The van der Waals surface area contributed by atoms with Gasteiger partial charge in [0.25, 0.3) is 5.56 Å². The lowest BCUT2D eigenvalue weighted by atomic mass is 10.1. The predicted molar refractivity (Wildman–Crippen MR) is 89.2 cm³/mol. The first-order chi connectivity index (χ1) is 11.3. The molecule has 2 rings (SSSR count). The maximum absolute atomic E-state index is 12.3. The topological polar surface area (TPSA) is 104 Å². The van der Waals surface area contributed by atoms with E-state index in [2.05, 4.69) is 5.10 Å². The minimum Gasteiger partial charge on any atom is -0.456 e. The number of aromatic nitrogens is 2. The van der Waals surface area contributed by atoms with E-state index in [9.17, 15) is 14.4 Å². The van der Waals surface area contributed by atoms with Crippen LogP contribution < -0.4 is 11.3 Å². The summed E-state index contributed by atoms with van der Waals surface area (Å²) in [5, 5.41) is 4.41. The summed E-state index contributed by atoms with van der Waals surface area (Å²) in [6.07, 6.45) is 0. The molecule has 1 aromatic carbocycles. The van der Waals surface area contributed by atoms with Crippen LogP contribution in [-0.2, 0) is 17.9 Å². The molecule has 0 amide bonds. The van der Waals surface area contributed by atoms with Gasteiger partial charge in [-0.05, 0) is 31.5 Å². The Labute approximate surface area is 143 Å². The van der Waals surface area contributed by atoms with Crippen molar-refractivity contribution in [3.63, 3.8) is 0 Å². The largest absolute Gasteiger partial charge is 0.456 e. The molecule has 0 saturated heterocycles. The van der Waals surface area contributed by atoms with E-state index in [4.69, 9.17) is 22.1 Å². The average molecular weight is 350 g/mol. The number of ketones is 1. The molecule has 2 N–H and O–H groups in total. The van der Waals surface area contributed by atoms with Crippen molar-refractivity contribution >= 4 is 29.0 Å². The van der Waals surface area contributed by atoms with Crippen molar-refractivity contribution in [1.29, 1.82) is 0 Å². The fourth-order valence-electron chi connectivity index (χ4n) is 2.15. The number of esters is 1. The molecular formula is C16H16ClN3O4. The summed E-state index contributed by atoms with van der Waals surface area (Å²) in [7, 11) is 0. The third-order valence-corrected chi connectivity index (χ3v) is 3.53. The third-order valence-electron chi connectivity index (χ3n) is 3.30. The Morgan fingerprint density at radius 2 is 2.08 bits per heavy atom. The van der Waals surface area contributed by atoms with Gasteiger partial charge in [0.2, 0.25) is 0 Å². The first-order valence-corrected chi connectivity index (χ1v) is 7.56. The van der Waals surface area contributed by atoms with E-state index in [0.717, 1.165) is 4.68 Å². The molecule has 0 spiro atoms. The molecule has 7 nitrogen and oxygen atoms in total. The minimum atomic E-state index is -0.839. The number of rotatable bonds is 5. The van der Waals surface area contributed by atoms with Crippen molar-refractivity contribution in [2.45, 2.75) is 27.0 Å². The predicted octanol–water partition coefficient (Wildman–Crippen LogP) is 2.06. The Bertz CT molecular complexity index is 861. The molecule has 1 heterocycles. The number of Topliss-reactive ketones (excluding diaryl/α,β-unsaturated/α-hetero) is 1. The van der Waals surface area contributed by atoms with E-state index >= 15 is 0 Å². The van der Waals surface area contributed by atoms with Crippen LogP contribution in [0.2, 0.25) is 5.02 Å². The van der Waals surface area contributed by atoms with Gasteiger partial charge in [0, 0.05) is 11.6 Å². The van der Waals surface area contributed by atoms with Crippen molar-refractivity contribution < 1.29 is 14.3 Å². The molecular weight excluding hydrogens is 334 g/mol. The van der Waals surface area contributed by atoms with Crippen LogP contribution in [0, 0.1) is 0 Å². The maximum Gasteiger partial charge on any atom is 0.359 e. The molecule has 0 aliphatic rings. The van der Waals surface area contributed by atoms with Gasteiger partial charge in [-0.1, -0.05) is 23.7 Å². The Kier molecular flexibility index (Phi) is 5.35. The zero-order valence-corrected chi connectivity index (χ0v) is 14.0. The molecule has 0 unspecified atom stereocenters. The molecule has 0 bridgehead atoms. The highest BCUT2D eigenvalue weighted by Crippen LogP contribution is 2.16. The van der Waals surface area contributed by atoms with Crippen LogP contribution in [0.3, 0.4) is 0 Å². The van der Waals surface area contributed by atoms with Crippen LogP contribution in [0.1, 0.15) is 40.3 Å². The molecule has 24 heavy (non-hydrogen) atoms. The summed E-state index contributed by atoms with van der Waals surface area (Å²) in [5.74, 6) is -1.37. The number of carbonyl (C=O) groups excluding carboxylic acids is 2. The number of nitrogen functional groups attached to an aromatic ring is 1. The van der Waals surface area contributed by atoms with Crippen molar-refractivity contribution in [2.24, 2.45) is 0 Å². The maximum atomic E-state index is 12.3. The average Bonchev–Trinajstić information content (AvgIpc) is 2.54. The van der Waals surface area contributed by atoms with Gasteiger partial charge in [-0.25, -0.2) is 9.48 Å². The number of nitrogens with two attached hydrogens (primary N) is 1. The summed E-state index contributed by atoms with van der Waals surface area (Å²) in [6.45, 7) is 3.03. The van der Waals surface area contributed by atoms with Crippen LogP contribution >= 0.6 is 11.6 Å². The third kappa shape index (κ3) is 3.62. The van der Waals surface area contributed by atoms with Gasteiger partial charge >= 0.3 is 5.97 Å². The van der Waals surface area contributed by atoms with Crippen molar-refractivity contribution in [2.75, 3.05) is 5.73 Å². The van der Waals surface area contributed by atoms with Crippen molar-refractivity contribution in [3.05, 3.63) is 56.5 Å². The number of hydrogen-bond acceptors (Lipinski definition) is 6. The smallest absolute Gasteiger partial charge is 0.359 e. The summed E-state index contributed by atoms with van der Waals surface area (Å²) >= 11 is 5.87. The molecule has 0 aliphatic carbocycles. The van der Waals surface area contributed by atoms with E-state index in [1.807, 2.05) is 0 Å². The molecule has 2 aromatic rings. The second kappa shape index (κ2) is 7.27. The van der Waals surface area contributed by atoms with E-state index in [0.29, 0.717) is 10.6 Å². The number of hydrogen-bond donors (Lipinski definition) is 1. The Morgan fingerprint density at radius 1 is 1.38 bits per heavy atom. The van der Waals surface area contributed by atoms with Crippen LogP contribution in [0.5, 0.6) is 0 Å². The molecule has 126 valence electrons. The molecule has 0 radical (unpaired) electrons. The number of nitrogens with zero attached hydrogens (tertiary/aromatic N) is 2. The van der Waals surface area contributed by atoms with E-state index in [1.165, 1.54) is 6.92 Å². The van der Waals surface area contributed by atoms with Gasteiger partial charge in [-0.15, -0.1) is 0 Å². The van der Waals surface area contributed by atoms with Gasteiger partial charge in [-0.2, -0.15) is 5.10 Å². The van der Waals surface area contributed by atoms with E-state index in [-0.39, 0.29) is 30.1 Å². The Morgan fingerprint density at radius 3 is 2.67 bits per heavy atom. The summed E-state index contributed by atoms with van der Waals surface area (Å²) in [6, 6.07) is 6.80. The van der Waals surface area contributed by atoms with Crippen molar-refractivity contribution in [3.8, 4) is 0 Å². The molecule has 0 fully saturated rings. The normalized spacial score (nSPS) is 10.5. The van der Waals surface area contributed by atoms with Gasteiger partial charge in [0.15, 0.2) is 11.5 Å². The monoisotopic (exact) mass is 349 g/mol. The number of benzene rings is 1. The lowest BCUT2D eigenvalue weighted by molar-refractivity contribution is 0.0459. The highest BCUT2D eigenvalue weighted by atomic mass is 35.5. The standard InChI is InChI=1S/C16H16ClN3O4/c1-3-20-15(22)13(18)12(9(2)21)14(19-20)16(23)24-8-10-5-4-6-11(17)7-10/h4-7H,3,8,18H2,1-2H3. The molecule has 1 aromatic heterocycles. The first-order valence-electron chi connectivity index (χ1n) is 7.18. The number of aryl methyl sites for hydroxylation is 1. The number of carbonyl (C=O) groups is 2. The lowest BCUT2D eigenvalue weighted by Crippen LogP contribution is -2.31. The quantitative estimate of drug-likeness (QED) is 0.654. The SMILES string of the molecule is CCn1nc(C(=O)OCc2cccc(Cl)c2)c(C(C)=O)c(N)c1=O. The summed E-state index contributed by atoms with van der Waals surface area (Å²) in [4.78, 5) is 36.1. The molecule has 0 aliphatic heterocycles. The highest BCUT2D eigenvalue weighted by Gasteiger charge is 2.24. The Hall–Kier alpha value is -2.67. The second-order valence-electron chi connectivity index (χ2n) is 5.02. The fourth-order valence-corrected chi connectivity index (χ4v) is 2.36. The zero-order valence-electron chi connectivity index (χ0n) is 13.2. The van der Waals surface area contributed by atoms with Gasteiger partial charge in [0.1, 0.15) is 12.3 Å². The number of halogens is 1. The summed E-state index contributed by atoms with van der Waals surface area (Å²) in [5.41, 5.74) is 4.96. The molecule has 0 saturated carbocycles. The fraction of sp³-hybridized carbons (Fsp3) is 0.250. The van der Waals surface area contributed by atoms with Crippen LogP contribution in [-0.4, -0.2) is 21.5 Å². The van der Waals surface area contributed by atoms with Crippen LogP contribution in [0.25, 0.3) is 0 Å². The lowest BCUT2D eigenvalue weighted by Gasteiger charge is -2.11. The van der Waals surface area contributed by atoms with Gasteiger partial charge in [0.05, 0.1) is 5.56 Å². The molecule has 0 atom stereocenters. The van der Waals surface area contributed by atoms with Crippen LogP contribution in [0.4, 0.5) is 5.69 Å². The van der Waals surface area contributed by atoms with Gasteiger partial charge < -0.3 is 10.5 Å². The zero-order chi connectivity index (χ0) is 17.9. The number of anilines is 1. The Balaban J connectivity index is 2.36. The van der Waals surface area contributed by atoms with Gasteiger partial charge in [-0.3, -0.25) is 9.59 Å². The van der Waals surface area contributed by atoms with Crippen LogP contribution in [0.15, 0.2) is 29.1 Å². The van der Waals surface area contributed by atoms with E-state index in [1.54, 1.807) is 31.2 Å².